The predicted molar refractivity (Wildman–Crippen MR) is 234 cm³/mol. The number of hydrogen-bond acceptors (Lipinski definition) is 15. The summed E-state index contributed by atoms with van der Waals surface area (Å²) >= 11 is 7.40. The number of thiocyanates is 2. The molecule has 310 valence electrons. The van der Waals surface area contributed by atoms with Gasteiger partial charge in [-0.2, -0.15) is 0 Å². The number of pyridine rings is 4. The fraction of sp³-hybridized carbons (Fsp3) is 0.302. The Bertz CT molecular complexity index is 1930. The summed E-state index contributed by atoms with van der Waals surface area (Å²) in [6.45, 7) is 2.94. The number of benzene rings is 1. The topological polar surface area (TPSA) is 161 Å². The van der Waals surface area contributed by atoms with E-state index in [1.807, 2.05) is 52.7 Å². The van der Waals surface area contributed by atoms with E-state index in [0.717, 1.165) is 35.1 Å². The van der Waals surface area contributed by atoms with E-state index in [9.17, 15) is 9.59 Å². The van der Waals surface area contributed by atoms with E-state index in [-0.39, 0.29) is 19.5 Å². The van der Waals surface area contributed by atoms with Crippen molar-refractivity contribution in [1.29, 1.82) is 10.5 Å². The summed E-state index contributed by atoms with van der Waals surface area (Å²) in [5, 5.41) is 16.9. The summed E-state index contributed by atoms with van der Waals surface area (Å²) in [6, 6.07) is 23.4. The molecule has 0 saturated heterocycles. The Morgan fingerprint density at radius 1 is 0.593 bits per heavy atom. The SMILES string of the molecule is CCCCCCCCCc1ccc(N(c2cc(N(C)C)ccn2)c2cc(N(C)C)ccn2)cc1.N#C[S-].N#C[S-].O=COc1ccnc(-c2cc(OC=O)ccn2)c1.[Ru+2]. The average molecular weight is 921 g/mol. The summed E-state index contributed by atoms with van der Waals surface area (Å²) in [7, 11) is 8.19. The number of ether oxygens (including phenoxy) is 2. The van der Waals surface area contributed by atoms with Crippen LogP contribution in [0.1, 0.15) is 57.4 Å². The van der Waals surface area contributed by atoms with Crippen LogP contribution >= 0.6 is 0 Å². The average Bonchev–Trinajstić information content (AvgIpc) is 3.23. The minimum Gasteiger partial charge on any atom is -0.696 e. The van der Waals surface area contributed by atoms with Gasteiger partial charge in [-0.15, -0.1) is 0 Å². The third-order valence-electron chi connectivity index (χ3n) is 8.31. The smallest absolute Gasteiger partial charge is 0.696 e. The van der Waals surface area contributed by atoms with E-state index in [2.05, 4.69) is 93.2 Å². The van der Waals surface area contributed by atoms with E-state index in [1.54, 1.807) is 24.3 Å². The van der Waals surface area contributed by atoms with Crippen molar-refractivity contribution in [3.63, 3.8) is 0 Å². The molecule has 0 atom stereocenters. The molecular formula is C43H49N9O4RuS2. The molecule has 0 fully saturated rings. The standard InChI is InChI=1S/C29H41N5.C12H8N2O4.2CHNS.Ru/c1-6-7-8-9-10-11-12-13-24-14-16-25(17-15-24)34(28-22-26(32(2)3)18-20-30-28)29-23-27(33(4)5)19-21-31-29;15-7-17-9-1-3-13-11(5-9)12-6-10(18-8-16)2-4-14-12;2*2-1-3;/h14-23H,6-13H2,1-5H3;1-8H;2*3H;/q;;;;+2/p-2. The molecule has 59 heavy (non-hydrogen) atoms. The van der Waals surface area contributed by atoms with Gasteiger partial charge in [0.2, 0.25) is 0 Å². The van der Waals surface area contributed by atoms with Crippen molar-refractivity contribution in [2.75, 3.05) is 42.9 Å². The van der Waals surface area contributed by atoms with Gasteiger partial charge in [-0.25, -0.2) is 20.5 Å². The van der Waals surface area contributed by atoms with Crippen LogP contribution < -0.4 is 24.2 Å². The summed E-state index contributed by atoms with van der Waals surface area (Å²) < 4.78 is 9.42. The molecule has 0 aliphatic carbocycles. The van der Waals surface area contributed by atoms with Crippen LogP contribution in [0.2, 0.25) is 0 Å². The second-order valence-electron chi connectivity index (χ2n) is 12.8. The summed E-state index contributed by atoms with van der Waals surface area (Å²) in [4.78, 5) is 44.4. The quantitative estimate of drug-likeness (QED) is 0.0270. The van der Waals surface area contributed by atoms with Crippen LogP contribution in [-0.2, 0) is 60.7 Å². The molecule has 1 aromatic carbocycles. The Hall–Kier alpha value is -5.80. The van der Waals surface area contributed by atoms with Crippen molar-refractivity contribution < 1.29 is 38.5 Å². The van der Waals surface area contributed by atoms with Gasteiger partial charge in [-0.3, -0.25) is 24.5 Å². The first-order valence-electron chi connectivity index (χ1n) is 18.5. The fourth-order valence-electron chi connectivity index (χ4n) is 5.46. The summed E-state index contributed by atoms with van der Waals surface area (Å²) in [6.07, 6.45) is 17.2. The van der Waals surface area contributed by atoms with Crippen LogP contribution in [0.4, 0.5) is 28.7 Å². The van der Waals surface area contributed by atoms with Crippen LogP contribution in [-0.4, -0.2) is 61.1 Å². The Kier molecular flexibility index (Phi) is 26.3. The monoisotopic (exact) mass is 921 g/mol. The number of carbonyl (C=O) groups excluding carboxylic acids is 2. The Labute approximate surface area is 372 Å². The predicted octanol–water partition coefficient (Wildman–Crippen LogP) is 8.61. The number of hydrogen-bond donors (Lipinski definition) is 0. The van der Waals surface area contributed by atoms with Crippen molar-refractivity contribution in [1.82, 2.24) is 19.9 Å². The zero-order valence-electron chi connectivity index (χ0n) is 33.9. The van der Waals surface area contributed by atoms with Gasteiger partial charge in [0, 0.05) is 94.3 Å². The van der Waals surface area contributed by atoms with Gasteiger partial charge in [0.05, 0.1) is 11.4 Å². The van der Waals surface area contributed by atoms with Gasteiger partial charge in [-0.1, -0.05) is 68.4 Å². The second-order valence-corrected chi connectivity index (χ2v) is 13.1. The maximum absolute atomic E-state index is 10.2. The molecule has 0 radical (unpaired) electrons. The Balaban J connectivity index is 0.000000583. The molecule has 0 aliphatic heterocycles. The molecule has 0 saturated carbocycles. The summed E-state index contributed by atoms with van der Waals surface area (Å²) in [5.41, 5.74) is 5.68. The molecule has 4 aromatic heterocycles. The first-order chi connectivity index (χ1) is 28.1. The third kappa shape index (κ3) is 19.0. The number of rotatable bonds is 18. The normalized spacial score (nSPS) is 9.41. The molecule has 0 spiro atoms. The molecule has 5 aromatic rings. The maximum atomic E-state index is 10.2. The molecular weight excluding hydrogens is 872 g/mol. The van der Waals surface area contributed by atoms with Crippen molar-refractivity contribution in [3.8, 4) is 33.7 Å². The van der Waals surface area contributed by atoms with Gasteiger partial charge < -0.3 is 44.5 Å². The van der Waals surface area contributed by atoms with Gasteiger partial charge in [0.1, 0.15) is 23.1 Å². The largest absolute Gasteiger partial charge is 2.00 e. The molecule has 0 amide bonds. The molecule has 0 unspecified atom stereocenters. The molecule has 5 rings (SSSR count). The van der Waals surface area contributed by atoms with Crippen molar-refractivity contribution in [2.24, 2.45) is 0 Å². The molecule has 4 heterocycles. The van der Waals surface area contributed by atoms with E-state index < -0.39 is 0 Å². The van der Waals surface area contributed by atoms with E-state index in [0.29, 0.717) is 35.8 Å². The molecule has 16 heteroatoms. The van der Waals surface area contributed by atoms with Gasteiger partial charge in [-0.05, 0) is 54.8 Å². The number of nitrogens with zero attached hydrogens (tertiary/aromatic N) is 9. The minimum atomic E-state index is 0. The second kappa shape index (κ2) is 30.3. The van der Waals surface area contributed by atoms with Gasteiger partial charge in [0.25, 0.3) is 12.9 Å². The van der Waals surface area contributed by atoms with Crippen molar-refractivity contribution >= 4 is 66.9 Å². The van der Waals surface area contributed by atoms with Crippen molar-refractivity contribution in [3.05, 3.63) is 103 Å². The Morgan fingerprint density at radius 3 is 1.41 bits per heavy atom. The van der Waals surface area contributed by atoms with E-state index in [1.165, 1.54) is 73.7 Å². The zero-order valence-corrected chi connectivity index (χ0v) is 37.2. The van der Waals surface area contributed by atoms with Crippen LogP contribution in [0.15, 0.2) is 97.6 Å². The van der Waals surface area contributed by atoms with Gasteiger partial charge >= 0.3 is 19.5 Å². The van der Waals surface area contributed by atoms with Crippen molar-refractivity contribution in [2.45, 2.75) is 58.3 Å². The minimum absolute atomic E-state index is 0. The molecule has 0 aliphatic rings. The first-order valence-corrected chi connectivity index (χ1v) is 19.3. The van der Waals surface area contributed by atoms with E-state index >= 15 is 0 Å². The number of unbranched alkanes of at least 4 members (excludes halogenated alkanes) is 6. The zero-order chi connectivity index (χ0) is 42.5. The van der Waals surface area contributed by atoms with Crippen LogP contribution in [0.5, 0.6) is 11.5 Å². The number of nitriles is 2. The number of aryl methyl sites for hydroxylation is 1. The molecule has 0 bridgehead atoms. The number of anilines is 5. The van der Waals surface area contributed by atoms with E-state index in [4.69, 9.17) is 30.0 Å². The van der Waals surface area contributed by atoms with Crippen LogP contribution in [0.3, 0.4) is 0 Å². The fourth-order valence-corrected chi connectivity index (χ4v) is 5.46. The molecule has 13 nitrogen and oxygen atoms in total. The maximum Gasteiger partial charge on any atom is 2.00 e. The number of carbonyl (C=O) groups is 2. The third-order valence-corrected chi connectivity index (χ3v) is 8.31. The van der Waals surface area contributed by atoms with Crippen LogP contribution in [0, 0.1) is 21.3 Å². The molecule has 0 N–H and O–H groups in total. The first kappa shape index (κ1) is 51.2. The summed E-state index contributed by atoms with van der Waals surface area (Å²) in [5.74, 6) is 2.43. The van der Waals surface area contributed by atoms with Gasteiger partial charge in [0.15, 0.2) is 0 Å². The number of aromatic nitrogens is 4. The van der Waals surface area contributed by atoms with Crippen LogP contribution in [0.25, 0.3) is 11.4 Å². The Morgan fingerprint density at radius 2 is 1.00 bits per heavy atom.